The molecule has 9 nitrogen and oxygen atoms in total. The molecule has 0 spiro atoms. The highest BCUT2D eigenvalue weighted by Crippen LogP contribution is 2.27. The zero-order chi connectivity index (χ0) is 25.9. The number of aryl methyl sites for hydroxylation is 1. The smallest absolute Gasteiger partial charge is 0.329 e. The highest BCUT2D eigenvalue weighted by Gasteiger charge is 2.13. The van der Waals surface area contributed by atoms with Crippen LogP contribution in [0.3, 0.4) is 0 Å². The third-order valence-electron chi connectivity index (χ3n) is 4.86. The van der Waals surface area contributed by atoms with Crippen molar-refractivity contribution in [1.82, 2.24) is 5.43 Å². The van der Waals surface area contributed by atoms with Crippen LogP contribution in [0.5, 0.6) is 11.5 Å². The number of methoxy groups -OCH3 is 1. The van der Waals surface area contributed by atoms with Crippen LogP contribution in [-0.4, -0.2) is 37.7 Å². The van der Waals surface area contributed by atoms with Crippen molar-refractivity contribution in [2.45, 2.75) is 13.3 Å². The molecule has 3 N–H and O–H groups in total. The molecule has 0 aliphatic heterocycles. The van der Waals surface area contributed by atoms with Gasteiger partial charge in [0.25, 0.3) is 5.91 Å². The molecular weight excluding hydrogens is 484 g/mol. The molecule has 0 aliphatic rings. The predicted molar refractivity (Wildman–Crippen MR) is 139 cm³/mol. The minimum absolute atomic E-state index is 0.211. The molecular formula is C26H25ClN4O5. The molecule has 0 saturated carbocycles. The van der Waals surface area contributed by atoms with Gasteiger partial charge in [0, 0.05) is 16.4 Å². The number of rotatable bonds is 9. The summed E-state index contributed by atoms with van der Waals surface area (Å²) < 4.78 is 10.9. The van der Waals surface area contributed by atoms with Gasteiger partial charge < -0.3 is 20.1 Å². The number of benzene rings is 3. The number of hydrogen-bond acceptors (Lipinski definition) is 6. The number of ether oxygens (including phenoxy) is 2. The zero-order valence-corrected chi connectivity index (χ0v) is 20.5. The largest absolute Gasteiger partial charge is 0.493 e. The van der Waals surface area contributed by atoms with E-state index in [9.17, 15) is 14.4 Å². The fourth-order valence-electron chi connectivity index (χ4n) is 3.02. The molecule has 0 saturated heterocycles. The first kappa shape index (κ1) is 26.2. The van der Waals surface area contributed by atoms with Crippen LogP contribution in [-0.2, 0) is 20.8 Å². The number of carbonyl (C=O) groups is 3. The Labute approximate surface area is 213 Å². The van der Waals surface area contributed by atoms with Crippen LogP contribution in [0, 0.1) is 0 Å². The molecule has 36 heavy (non-hydrogen) atoms. The first-order valence-electron chi connectivity index (χ1n) is 11.0. The van der Waals surface area contributed by atoms with Crippen molar-refractivity contribution in [3.05, 3.63) is 82.9 Å². The third-order valence-corrected chi connectivity index (χ3v) is 5.10. The first-order valence-corrected chi connectivity index (χ1v) is 11.3. The molecule has 3 aromatic carbocycles. The Bertz CT molecular complexity index is 1260. The Hall–Kier alpha value is -4.37. The van der Waals surface area contributed by atoms with Crippen molar-refractivity contribution >= 4 is 46.9 Å². The molecule has 0 aliphatic carbocycles. The molecule has 0 radical (unpaired) electrons. The Morgan fingerprint density at radius 1 is 0.917 bits per heavy atom. The van der Waals surface area contributed by atoms with E-state index in [4.69, 9.17) is 21.1 Å². The van der Waals surface area contributed by atoms with Gasteiger partial charge in [-0.05, 0) is 66.1 Å². The van der Waals surface area contributed by atoms with E-state index in [1.54, 1.807) is 36.4 Å². The van der Waals surface area contributed by atoms with Gasteiger partial charge >= 0.3 is 11.8 Å². The molecule has 0 unspecified atom stereocenters. The molecule has 0 aromatic heterocycles. The van der Waals surface area contributed by atoms with Crippen LogP contribution >= 0.6 is 11.6 Å². The monoisotopic (exact) mass is 508 g/mol. The third kappa shape index (κ3) is 7.85. The van der Waals surface area contributed by atoms with E-state index in [0.29, 0.717) is 33.5 Å². The Morgan fingerprint density at radius 2 is 1.69 bits per heavy atom. The van der Waals surface area contributed by atoms with Gasteiger partial charge in [-0.25, -0.2) is 5.43 Å². The van der Waals surface area contributed by atoms with Crippen molar-refractivity contribution in [2.75, 3.05) is 24.4 Å². The summed E-state index contributed by atoms with van der Waals surface area (Å²) in [6, 6.07) is 18.9. The van der Waals surface area contributed by atoms with Gasteiger partial charge in [0.2, 0.25) is 0 Å². The van der Waals surface area contributed by atoms with Crippen molar-refractivity contribution in [2.24, 2.45) is 5.10 Å². The number of carbonyl (C=O) groups excluding carboxylic acids is 3. The van der Waals surface area contributed by atoms with Crippen LogP contribution < -0.4 is 25.5 Å². The lowest BCUT2D eigenvalue weighted by Gasteiger charge is -2.11. The number of nitrogens with one attached hydrogen (secondary N) is 3. The Balaban J connectivity index is 1.51. The van der Waals surface area contributed by atoms with Gasteiger partial charge in [-0.1, -0.05) is 36.7 Å². The molecule has 0 fully saturated rings. The second-order valence-electron chi connectivity index (χ2n) is 7.46. The Kier molecular flexibility index (Phi) is 9.41. The summed E-state index contributed by atoms with van der Waals surface area (Å²) >= 11 is 5.86. The van der Waals surface area contributed by atoms with Crippen LogP contribution in [0.4, 0.5) is 11.4 Å². The quantitative estimate of drug-likeness (QED) is 0.229. The lowest BCUT2D eigenvalue weighted by molar-refractivity contribution is -0.136. The van der Waals surface area contributed by atoms with Gasteiger partial charge in [-0.3, -0.25) is 14.4 Å². The summed E-state index contributed by atoms with van der Waals surface area (Å²) in [6.07, 6.45) is 2.26. The second-order valence-corrected chi connectivity index (χ2v) is 7.90. The maximum Gasteiger partial charge on any atom is 0.329 e. The van der Waals surface area contributed by atoms with Crippen LogP contribution in [0.15, 0.2) is 71.8 Å². The summed E-state index contributed by atoms with van der Waals surface area (Å²) in [5.74, 6) is -1.44. The van der Waals surface area contributed by atoms with Crippen LogP contribution in [0.25, 0.3) is 0 Å². The maximum absolute atomic E-state index is 12.2. The topological polar surface area (TPSA) is 118 Å². The molecule has 186 valence electrons. The van der Waals surface area contributed by atoms with E-state index < -0.39 is 11.8 Å². The average molecular weight is 509 g/mol. The van der Waals surface area contributed by atoms with Crippen molar-refractivity contribution in [1.29, 1.82) is 0 Å². The Morgan fingerprint density at radius 3 is 2.39 bits per heavy atom. The SMILES string of the molecule is CCc1ccc(NC(=O)COc2ccc(/C=N\NC(=O)C(=O)Nc3cccc(Cl)c3)cc2OC)cc1. The number of halogens is 1. The highest BCUT2D eigenvalue weighted by molar-refractivity contribution is 6.39. The van der Waals surface area contributed by atoms with Crippen molar-refractivity contribution < 1.29 is 23.9 Å². The van der Waals surface area contributed by atoms with Gasteiger partial charge in [-0.2, -0.15) is 5.10 Å². The van der Waals surface area contributed by atoms with Crippen molar-refractivity contribution in [3.8, 4) is 11.5 Å². The molecule has 0 atom stereocenters. The molecule has 3 rings (SSSR count). The highest BCUT2D eigenvalue weighted by atomic mass is 35.5. The fraction of sp³-hybridized carbons (Fsp3) is 0.154. The lowest BCUT2D eigenvalue weighted by atomic mass is 10.1. The number of amides is 3. The predicted octanol–water partition coefficient (Wildman–Crippen LogP) is 4.02. The first-order chi connectivity index (χ1) is 17.4. The van der Waals surface area contributed by atoms with Gasteiger partial charge in [0.15, 0.2) is 18.1 Å². The van der Waals surface area contributed by atoms with Crippen molar-refractivity contribution in [3.63, 3.8) is 0 Å². The fourth-order valence-corrected chi connectivity index (χ4v) is 3.21. The normalized spacial score (nSPS) is 10.5. The van der Waals surface area contributed by atoms with E-state index in [1.165, 1.54) is 25.0 Å². The number of hydrogen-bond donors (Lipinski definition) is 3. The number of hydrazone groups is 1. The molecule has 0 bridgehead atoms. The summed E-state index contributed by atoms with van der Waals surface area (Å²) in [6.45, 7) is 1.85. The van der Waals surface area contributed by atoms with E-state index in [-0.39, 0.29) is 12.5 Å². The second kappa shape index (κ2) is 12.9. The molecule has 10 heteroatoms. The van der Waals surface area contributed by atoms with Crippen LogP contribution in [0.2, 0.25) is 5.02 Å². The average Bonchev–Trinajstić information content (AvgIpc) is 2.88. The molecule has 0 heterocycles. The molecule has 3 aromatic rings. The summed E-state index contributed by atoms with van der Waals surface area (Å²) in [5, 5.41) is 9.41. The number of anilines is 2. The lowest BCUT2D eigenvalue weighted by Crippen LogP contribution is -2.32. The summed E-state index contributed by atoms with van der Waals surface area (Å²) in [4.78, 5) is 36.2. The van der Waals surface area contributed by atoms with E-state index in [1.807, 2.05) is 24.3 Å². The van der Waals surface area contributed by atoms with E-state index in [2.05, 4.69) is 28.1 Å². The van der Waals surface area contributed by atoms with Gasteiger partial charge in [-0.15, -0.1) is 0 Å². The molecule has 3 amide bonds. The standard InChI is InChI=1S/C26H25ClN4O5/c1-3-17-7-10-20(11-8-17)29-24(32)16-36-22-12-9-18(13-23(22)35-2)15-28-31-26(34)25(33)30-21-6-4-5-19(27)14-21/h4-15H,3,16H2,1-2H3,(H,29,32)(H,30,33)(H,31,34)/b28-15-. The summed E-state index contributed by atoms with van der Waals surface area (Å²) in [5.41, 5.74) is 4.96. The summed E-state index contributed by atoms with van der Waals surface area (Å²) in [7, 11) is 1.46. The minimum Gasteiger partial charge on any atom is -0.493 e. The van der Waals surface area contributed by atoms with Gasteiger partial charge in [0.1, 0.15) is 0 Å². The number of nitrogens with zero attached hydrogens (tertiary/aromatic N) is 1. The minimum atomic E-state index is -0.950. The van der Waals surface area contributed by atoms with Crippen LogP contribution in [0.1, 0.15) is 18.1 Å². The maximum atomic E-state index is 12.2. The van der Waals surface area contributed by atoms with E-state index in [0.717, 1.165) is 6.42 Å². The van der Waals surface area contributed by atoms with E-state index >= 15 is 0 Å². The van der Waals surface area contributed by atoms with Gasteiger partial charge in [0.05, 0.1) is 13.3 Å². The zero-order valence-electron chi connectivity index (χ0n) is 19.7.